The molecule has 0 radical (unpaired) electrons. The van der Waals surface area contributed by atoms with Crippen molar-refractivity contribution >= 4 is 19.2 Å². The molecular weight excluding hydrogens is 531 g/mol. The summed E-state index contributed by atoms with van der Waals surface area (Å²) in [7, 11) is -1.30. The zero-order valence-corrected chi connectivity index (χ0v) is 28.8. The van der Waals surface area contributed by atoms with Gasteiger partial charge in [0.25, 0.3) is 0 Å². The summed E-state index contributed by atoms with van der Waals surface area (Å²) in [6.07, 6.45) is 27.5. The van der Waals surface area contributed by atoms with Crippen molar-refractivity contribution in [1.82, 2.24) is 0 Å². The largest absolute Gasteiger partial charge is 0.462 e. The van der Waals surface area contributed by atoms with Crippen LogP contribution in [-0.4, -0.2) is 61.0 Å². The fraction of sp³-hybridized carbons (Fsp3) is 0.886. The summed E-state index contributed by atoms with van der Waals surface area (Å²) in [6.45, 7) is 13.6. The van der Waals surface area contributed by atoms with Crippen LogP contribution in [0.2, 0.25) is 0 Å². The lowest BCUT2D eigenvalue weighted by Crippen LogP contribution is -2.29. The number of esters is 2. The van der Waals surface area contributed by atoms with Gasteiger partial charge in [-0.05, 0) is 52.4 Å². The lowest BCUT2D eigenvalue weighted by Gasteiger charge is -2.30. The second-order valence-corrected chi connectivity index (χ2v) is 17.0. The van der Waals surface area contributed by atoms with Gasteiger partial charge >= 0.3 is 11.9 Å². The smallest absolute Gasteiger partial charge is 0.333 e. The highest BCUT2D eigenvalue weighted by Crippen LogP contribution is 2.62. The molecule has 6 heteroatoms. The minimum absolute atomic E-state index is 0.148. The Balaban J connectivity index is 5.27. The van der Waals surface area contributed by atoms with Gasteiger partial charge in [-0.15, -0.1) is 0 Å². The van der Waals surface area contributed by atoms with Crippen LogP contribution >= 0.6 is 7.26 Å². The zero-order valence-electron chi connectivity index (χ0n) is 27.9. The first kappa shape index (κ1) is 40.1. The van der Waals surface area contributed by atoms with E-state index in [9.17, 15) is 14.7 Å². The quantitative estimate of drug-likeness (QED) is 0.0401. The molecule has 5 nitrogen and oxygen atoms in total. The van der Waals surface area contributed by atoms with Gasteiger partial charge in [0.05, 0.1) is 30.6 Å². The Morgan fingerprint density at radius 3 is 1.41 bits per heavy atom. The van der Waals surface area contributed by atoms with Crippen LogP contribution in [0.3, 0.4) is 0 Å². The van der Waals surface area contributed by atoms with Crippen LogP contribution < -0.4 is 0 Å². The van der Waals surface area contributed by atoms with Crippen molar-refractivity contribution in [3.05, 3.63) is 12.2 Å². The van der Waals surface area contributed by atoms with E-state index >= 15 is 0 Å². The molecule has 0 aliphatic rings. The summed E-state index contributed by atoms with van der Waals surface area (Å²) in [5.74, 6) is -0.945. The van der Waals surface area contributed by atoms with Gasteiger partial charge in [-0.1, -0.05) is 104 Å². The Morgan fingerprint density at radius 1 is 0.659 bits per heavy atom. The molecule has 0 heterocycles. The van der Waals surface area contributed by atoms with Gasteiger partial charge in [0, 0.05) is 12.8 Å². The molecule has 0 bridgehead atoms. The van der Waals surface area contributed by atoms with Crippen LogP contribution in [0.1, 0.15) is 150 Å². The first-order chi connectivity index (χ1) is 19.7. The second kappa shape index (κ2) is 26.7. The van der Waals surface area contributed by atoms with Crippen LogP contribution in [-0.2, 0) is 19.1 Å². The van der Waals surface area contributed by atoms with Crippen molar-refractivity contribution in [2.45, 2.75) is 156 Å². The maximum absolute atomic E-state index is 13.1. The molecular formula is C35H68O5P+. The molecule has 0 aliphatic carbocycles. The molecule has 0 fully saturated rings. The average Bonchev–Trinajstić information content (AvgIpc) is 2.95. The van der Waals surface area contributed by atoms with E-state index in [1.807, 2.05) is 6.92 Å². The molecule has 41 heavy (non-hydrogen) atoms. The maximum Gasteiger partial charge on any atom is 0.333 e. The third-order valence-corrected chi connectivity index (χ3v) is 13.3. The molecule has 0 rings (SSSR count). The van der Waals surface area contributed by atoms with Crippen LogP contribution in [0.4, 0.5) is 0 Å². The van der Waals surface area contributed by atoms with Crippen molar-refractivity contribution < 1.29 is 24.2 Å². The third-order valence-electron chi connectivity index (χ3n) is 8.19. The number of ether oxygens (including phenoxy) is 2. The number of rotatable bonds is 29. The van der Waals surface area contributed by atoms with Gasteiger partial charge < -0.3 is 14.6 Å². The third kappa shape index (κ3) is 22.3. The molecule has 0 saturated heterocycles. The molecule has 2 unspecified atom stereocenters. The molecule has 0 amide bonds. The van der Waals surface area contributed by atoms with E-state index in [2.05, 4.69) is 27.4 Å². The van der Waals surface area contributed by atoms with Crippen molar-refractivity contribution in [1.29, 1.82) is 0 Å². The number of hydrogen-bond acceptors (Lipinski definition) is 5. The van der Waals surface area contributed by atoms with E-state index in [4.69, 9.17) is 9.47 Å². The SMILES string of the molecule is C=C(C)C(=O)OCC(O)COC(=O)C(C)C[P+](CCCCCCCC)(CCCCCCCC)CCCCCCCC. The zero-order chi connectivity index (χ0) is 30.8. The van der Waals surface area contributed by atoms with E-state index in [1.165, 1.54) is 134 Å². The van der Waals surface area contributed by atoms with E-state index in [1.54, 1.807) is 6.92 Å². The predicted octanol–water partition coefficient (Wildman–Crippen LogP) is 9.75. The number of carbonyl (C=O) groups is 2. The average molecular weight is 600 g/mol. The standard InChI is InChI=1S/C35H68O5P/c1-7-10-13-16-19-22-25-41(26-23-20-17-14-11-8-2,27-24-21-18-15-12-9-3)30-32(6)35(38)40-29-33(36)28-39-34(37)31(4)5/h32-33,36H,4,7-30H2,1-3,5-6H3/q+1. The minimum Gasteiger partial charge on any atom is -0.462 e. The number of unbranched alkanes of at least 4 members (excludes halogenated alkanes) is 15. The molecule has 0 saturated carbocycles. The second-order valence-electron chi connectivity index (χ2n) is 12.6. The Labute approximate surface area is 255 Å². The fourth-order valence-corrected chi connectivity index (χ4v) is 10.8. The van der Waals surface area contributed by atoms with Gasteiger partial charge in [0.15, 0.2) is 0 Å². The maximum atomic E-state index is 13.1. The first-order valence-electron chi connectivity index (χ1n) is 17.2. The Morgan fingerprint density at radius 2 is 1.02 bits per heavy atom. The minimum atomic E-state index is -1.30. The predicted molar refractivity (Wildman–Crippen MR) is 178 cm³/mol. The van der Waals surface area contributed by atoms with E-state index in [-0.39, 0.29) is 30.7 Å². The highest BCUT2D eigenvalue weighted by Gasteiger charge is 2.39. The summed E-state index contributed by atoms with van der Waals surface area (Å²) < 4.78 is 10.5. The molecule has 0 spiro atoms. The van der Waals surface area contributed by atoms with Crippen molar-refractivity contribution in [3.63, 3.8) is 0 Å². The van der Waals surface area contributed by atoms with Crippen molar-refractivity contribution in [2.24, 2.45) is 5.92 Å². The highest BCUT2D eigenvalue weighted by atomic mass is 31.2. The highest BCUT2D eigenvalue weighted by molar-refractivity contribution is 7.75. The lowest BCUT2D eigenvalue weighted by atomic mass is 10.1. The lowest BCUT2D eigenvalue weighted by molar-refractivity contribution is -0.153. The fourth-order valence-electron chi connectivity index (χ4n) is 5.61. The van der Waals surface area contributed by atoms with Crippen LogP contribution in [0.5, 0.6) is 0 Å². The molecule has 1 N–H and O–H groups in total. The van der Waals surface area contributed by atoms with Crippen molar-refractivity contribution in [3.8, 4) is 0 Å². The molecule has 0 aromatic carbocycles. The first-order valence-corrected chi connectivity index (χ1v) is 19.8. The van der Waals surface area contributed by atoms with Gasteiger partial charge in [-0.2, -0.15) is 0 Å². The summed E-state index contributed by atoms with van der Waals surface area (Å²) in [5, 5.41) is 10.2. The summed E-state index contributed by atoms with van der Waals surface area (Å²) >= 11 is 0. The molecule has 2 atom stereocenters. The van der Waals surface area contributed by atoms with Gasteiger partial charge in [0.1, 0.15) is 19.3 Å². The van der Waals surface area contributed by atoms with Crippen LogP contribution in [0.25, 0.3) is 0 Å². The topological polar surface area (TPSA) is 72.8 Å². The monoisotopic (exact) mass is 599 g/mol. The number of aliphatic hydroxyl groups is 1. The van der Waals surface area contributed by atoms with Gasteiger partial charge in [-0.3, -0.25) is 4.79 Å². The Hall–Kier alpha value is -0.930. The molecule has 0 aromatic heterocycles. The van der Waals surface area contributed by atoms with E-state index in [0.717, 1.165) is 6.16 Å². The Bertz CT molecular complexity index is 624. The summed E-state index contributed by atoms with van der Waals surface area (Å²) in [6, 6.07) is 0. The molecule has 0 aromatic rings. The number of hydrogen-bond donors (Lipinski definition) is 1. The van der Waals surface area contributed by atoms with Crippen LogP contribution in [0, 0.1) is 5.92 Å². The summed E-state index contributed by atoms with van der Waals surface area (Å²) in [5.41, 5.74) is 0.282. The van der Waals surface area contributed by atoms with E-state index < -0.39 is 19.3 Å². The molecule has 242 valence electrons. The number of aliphatic hydroxyl groups excluding tert-OH is 1. The molecule has 0 aliphatic heterocycles. The van der Waals surface area contributed by atoms with E-state index in [0.29, 0.717) is 0 Å². The number of carbonyl (C=O) groups excluding carboxylic acids is 2. The van der Waals surface area contributed by atoms with Gasteiger partial charge in [-0.25, -0.2) is 4.79 Å². The Kier molecular flexibility index (Phi) is 26.1. The summed E-state index contributed by atoms with van der Waals surface area (Å²) in [4.78, 5) is 24.7. The van der Waals surface area contributed by atoms with Crippen LogP contribution in [0.15, 0.2) is 12.2 Å². The van der Waals surface area contributed by atoms with Gasteiger partial charge in [0.2, 0.25) is 0 Å². The van der Waals surface area contributed by atoms with Crippen molar-refractivity contribution in [2.75, 3.05) is 37.9 Å². The normalized spacial score (nSPS) is 13.1.